The maximum atomic E-state index is 4.22. The lowest BCUT2D eigenvalue weighted by Crippen LogP contribution is -2.33. The number of hydrogen-bond acceptors (Lipinski definition) is 3. The van der Waals surface area contributed by atoms with Crippen molar-refractivity contribution in [1.82, 2.24) is 20.3 Å². The molecule has 108 valence electrons. The minimum atomic E-state index is 0.560. The second kappa shape index (κ2) is 7.63. The van der Waals surface area contributed by atoms with Crippen LogP contribution >= 0.6 is 0 Å². The molecule has 1 aromatic heterocycles. The minimum absolute atomic E-state index is 0.560. The van der Waals surface area contributed by atoms with E-state index >= 15 is 0 Å². The summed E-state index contributed by atoms with van der Waals surface area (Å²) >= 11 is 0. The quantitative estimate of drug-likeness (QED) is 0.803. The predicted molar refractivity (Wildman–Crippen MR) is 78.0 cm³/mol. The Hall–Kier alpha value is -0.900. The van der Waals surface area contributed by atoms with Crippen molar-refractivity contribution in [2.24, 2.45) is 13.0 Å². The van der Waals surface area contributed by atoms with Gasteiger partial charge in [-0.15, -0.1) is 5.10 Å². The molecule has 1 atom stereocenters. The van der Waals surface area contributed by atoms with Crippen molar-refractivity contribution in [3.63, 3.8) is 0 Å². The van der Waals surface area contributed by atoms with E-state index in [0.717, 1.165) is 24.6 Å². The van der Waals surface area contributed by atoms with Gasteiger partial charge in [-0.25, -0.2) is 0 Å². The van der Waals surface area contributed by atoms with Crippen LogP contribution in [0.1, 0.15) is 57.6 Å². The van der Waals surface area contributed by atoms with E-state index in [-0.39, 0.29) is 0 Å². The topological polar surface area (TPSA) is 42.7 Å². The molecular weight excluding hydrogens is 236 g/mol. The van der Waals surface area contributed by atoms with E-state index < -0.39 is 0 Å². The Bertz CT molecular complexity index is 353. The number of aryl methyl sites for hydroxylation is 1. The molecule has 1 aromatic rings. The molecule has 19 heavy (non-hydrogen) atoms. The summed E-state index contributed by atoms with van der Waals surface area (Å²) in [6.07, 6.45) is 12.9. The summed E-state index contributed by atoms with van der Waals surface area (Å²) in [5.74, 6) is 0.906. The lowest BCUT2D eigenvalue weighted by Gasteiger charge is -2.22. The molecule has 4 heteroatoms. The van der Waals surface area contributed by atoms with Crippen LogP contribution in [0.3, 0.4) is 0 Å². The van der Waals surface area contributed by atoms with Crippen molar-refractivity contribution in [2.45, 2.75) is 64.3 Å². The Labute approximate surface area is 117 Å². The first-order valence-corrected chi connectivity index (χ1v) is 7.86. The number of nitrogens with one attached hydrogen (secondary N) is 1. The number of rotatable bonds is 6. The zero-order valence-electron chi connectivity index (χ0n) is 12.4. The molecule has 1 saturated carbocycles. The normalized spacial score (nSPS) is 19.3. The van der Waals surface area contributed by atoms with Gasteiger partial charge in [0.05, 0.1) is 5.69 Å². The number of likely N-dealkylation sites (N-methyl/N-ethyl adjacent to an activating group) is 1. The number of hydrogen-bond donors (Lipinski definition) is 1. The molecular formula is C15H28N4. The summed E-state index contributed by atoms with van der Waals surface area (Å²) in [6, 6.07) is 0.560. The highest BCUT2D eigenvalue weighted by atomic mass is 15.4. The smallest absolute Gasteiger partial charge is 0.0842 e. The third kappa shape index (κ3) is 4.94. The lowest BCUT2D eigenvalue weighted by atomic mass is 9.91. The van der Waals surface area contributed by atoms with Gasteiger partial charge in [-0.2, -0.15) is 0 Å². The van der Waals surface area contributed by atoms with Gasteiger partial charge in [-0.1, -0.05) is 50.7 Å². The first kappa shape index (κ1) is 14.5. The van der Waals surface area contributed by atoms with E-state index in [0.29, 0.717) is 6.04 Å². The highest BCUT2D eigenvalue weighted by molar-refractivity contribution is 4.96. The third-order valence-corrected chi connectivity index (χ3v) is 4.19. The molecule has 0 aliphatic heterocycles. The number of aromatic nitrogens is 3. The van der Waals surface area contributed by atoms with Gasteiger partial charge in [-0.05, 0) is 18.9 Å². The summed E-state index contributed by atoms with van der Waals surface area (Å²) in [5, 5.41) is 11.9. The fourth-order valence-corrected chi connectivity index (χ4v) is 3.27. The predicted octanol–water partition coefficient (Wildman–Crippen LogP) is 2.70. The van der Waals surface area contributed by atoms with Gasteiger partial charge in [0, 0.05) is 25.7 Å². The molecule has 0 radical (unpaired) electrons. The fraction of sp³-hybridized carbons (Fsp3) is 0.867. The number of nitrogens with zero attached hydrogens (tertiary/aromatic N) is 3. The molecule has 1 fully saturated rings. The molecule has 1 N–H and O–H groups in total. The van der Waals surface area contributed by atoms with Crippen LogP contribution < -0.4 is 5.32 Å². The van der Waals surface area contributed by atoms with Crippen LogP contribution in [0.5, 0.6) is 0 Å². The molecule has 2 rings (SSSR count). The highest BCUT2D eigenvalue weighted by Gasteiger charge is 2.18. The van der Waals surface area contributed by atoms with Crippen LogP contribution in [0.15, 0.2) is 6.20 Å². The van der Waals surface area contributed by atoms with E-state index in [9.17, 15) is 0 Å². The zero-order valence-corrected chi connectivity index (χ0v) is 12.4. The van der Waals surface area contributed by atoms with Gasteiger partial charge in [0.1, 0.15) is 0 Å². The van der Waals surface area contributed by atoms with Gasteiger partial charge in [0.2, 0.25) is 0 Å². The monoisotopic (exact) mass is 264 g/mol. The second-order valence-electron chi connectivity index (χ2n) is 5.94. The first-order valence-electron chi connectivity index (χ1n) is 7.86. The fourth-order valence-electron chi connectivity index (χ4n) is 3.27. The molecule has 4 nitrogen and oxygen atoms in total. The molecule has 0 bridgehead atoms. The van der Waals surface area contributed by atoms with Gasteiger partial charge in [0.15, 0.2) is 0 Å². The maximum Gasteiger partial charge on any atom is 0.0842 e. The van der Waals surface area contributed by atoms with Gasteiger partial charge < -0.3 is 5.32 Å². The molecule has 0 aromatic carbocycles. The third-order valence-electron chi connectivity index (χ3n) is 4.19. The average Bonchev–Trinajstić information content (AvgIpc) is 2.64. The summed E-state index contributed by atoms with van der Waals surface area (Å²) in [7, 11) is 1.93. The highest BCUT2D eigenvalue weighted by Crippen LogP contribution is 2.27. The van der Waals surface area contributed by atoms with Crippen LogP contribution in [-0.2, 0) is 13.5 Å². The zero-order chi connectivity index (χ0) is 13.5. The molecule has 0 spiro atoms. The summed E-state index contributed by atoms with van der Waals surface area (Å²) in [5.41, 5.74) is 1.11. The standard InChI is InChI=1S/C15H28N4/c1-3-16-14(11-15-12-19(2)18-17-15)10-13-8-6-4-5-7-9-13/h12-14,16H,3-11H2,1-2H3. The Morgan fingerprint density at radius 3 is 2.63 bits per heavy atom. The van der Waals surface area contributed by atoms with E-state index in [4.69, 9.17) is 0 Å². The van der Waals surface area contributed by atoms with Crippen LogP contribution in [0, 0.1) is 5.92 Å². The lowest BCUT2D eigenvalue weighted by molar-refractivity contribution is 0.351. The Morgan fingerprint density at radius 1 is 1.32 bits per heavy atom. The maximum absolute atomic E-state index is 4.22. The van der Waals surface area contributed by atoms with E-state index in [2.05, 4.69) is 22.6 Å². The summed E-state index contributed by atoms with van der Waals surface area (Å²) in [6.45, 7) is 3.23. The van der Waals surface area contributed by atoms with Crippen molar-refractivity contribution >= 4 is 0 Å². The minimum Gasteiger partial charge on any atom is -0.314 e. The van der Waals surface area contributed by atoms with Crippen molar-refractivity contribution in [2.75, 3.05) is 6.54 Å². The molecule has 1 unspecified atom stereocenters. The van der Waals surface area contributed by atoms with Crippen LogP contribution in [0.2, 0.25) is 0 Å². The van der Waals surface area contributed by atoms with Gasteiger partial charge >= 0.3 is 0 Å². The van der Waals surface area contributed by atoms with E-state index in [1.165, 1.54) is 44.9 Å². The summed E-state index contributed by atoms with van der Waals surface area (Å²) < 4.78 is 1.80. The van der Waals surface area contributed by atoms with Gasteiger partial charge in [-0.3, -0.25) is 4.68 Å². The Morgan fingerprint density at radius 2 is 2.05 bits per heavy atom. The van der Waals surface area contributed by atoms with Crippen molar-refractivity contribution in [1.29, 1.82) is 0 Å². The molecule has 1 heterocycles. The Balaban J connectivity index is 1.87. The SMILES string of the molecule is CCNC(Cc1cn(C)nn1)CC1CCCCCC1. The van der Waals surface area contributed by atoms with Crippen LogP contribution in [0.25, 0.3) is 0 Å². The van der Waals surface area contributed by atoms with Crippen molar-refractivity contribution in [3.05, 3.63) is 11.9 Å². The van der Waals surface area contributed by atoms with Crippen molar-refractivity contribution < 1.29 is 0 Å². The molecule has 0 amide bonds. The van der Waals surface area contributed by atoms with Crippen molar-refractivity contribution in [3.8, 4) is 0 Å². The van der Waals surface area contributed by atoms with E-state index in [1.807, 2.05) is 13.2 Å². The second-order valence-corrected chi connectivity index (χ2v) is 5.94. The van der Waals surface area contributed by atoms with Gasteiger partial charge in [0.25, 0.3) is 0 Å². The molecule has 1 aliphatic rings. The summed E-state index contributed by atoms with van der Waals surface area (Å²) in [4.78, 5) is 0. The molecule has 1 aliphatic carbocycles. The first-order chi connectivity index (χ1) is 9.28. The largest absolute Gasteiger partial charge is 0.314 e. The van der Waals surface area contributed by atoms with Crippen LogP contribution in [0.4, 0.5) is 0 Å². The average molecular weight is 264 g/mol. The molecule has 0 saturated heterocycles. The Kier molecular flexibility index (Phi) is 5.83. The van der Waals surface area contributed by atoms with E-state index in [1.54, 1.807) is 4.68 Å². The van der Waals surface area contributed by atoms with Crippen LogP contribution in [-0.4, -0.2) is 27.6 Å².